The minimum atomic E-state index is 0.679. The third kappa shape index (κ3) is 1.37. The number of hydrogen-bond acceptors (Lipinski definition) is 3. The third-order valence-electron chi connectivity index (χ3n) is 2.44. The van der Waals surface area contributed by atoms with Gasteiger partial charge >= 0.3 is 0 Å². The van der Waals surface area contributed by atoms with Gasteiger partial charge in [0, 0.05) is 6.07 Å². The van der Waals surface area contributed by atoms with Crippen LogP contribution in [0.25, 0.3) is 0 Å². The van der Waals surface area contributed by atoms with Crippen LogP contribution >= 0.6 is 0 Å². The van der Waals surface area contributed by atoms with Gasteiger partial charge in [0.25, 0.3) is 0 Å². The molecular formula is C13H10O3. The van der Waals surface area contributed by atoms with Gasteiger partial charge < -0.3 is 14.2 Å². The lowest BCUT2D eigenvalue weighted by Crippen LogP contribution is -1.98. The number of para-hydroxylation sites is 2. The maximum absolute atomic E-state index is 5.71. The van der Waals surface area contributed by atoms with Crippen LogP contribution in [-0.2, 0) is 0 Å². The predicted octanol–water partition coefficient (Wildman–Crippen LogP) is 3.59. The average molecular weight is 214 g/mol. The predicted molar refractivity (Wildman–Crippen MR) is 59.6 cm³/mol. The third-order valence-corrected chi connectivity index (χ3v) is 2.44. The first-order chi connectivity index (χ1) is 7.86. The van der Waals surface area contributed by atoms with Gasteiger partial charge in [-0.1, -0.05) is 12.1 Å². The average Bonchev–Trinajstić information content (AvgIpc) is 2.35. The topological polar surface area (TPSA) is 27.7 Å². The standard InChI is InChI=1S/C13H10O3/c1-14-9-6-7-12-13(8-9)16-11-5-3-2-4-10(11)15-12/h2-8H,1H3. The summed E-state index contributed by atoms with van der Waals surface area (Å²) < 4.78 is 16.5. The van der Waals surface area contributed by atoms with Gasteiger partial charge in [0.1, 0.15) is 5.75 Å². The van der Waals surface area contributed by atoms with E-state index in [4.69, 9.17) is 14.2 Å². The Morgan fingerprint density at radius 3 is 2.12 bits per heavy atom. The molecule has 0 atom stereocenters. The monoisotopic (exact) mass is 214 g/mol. The summed E-state index contributed by atoms with van der Waals surface area (Å²) in [6.07, 6.45) is 0. The molecule has 1 heterocycles. The van der Waals surface area contributed by atoms with E-state index < -0.39 is 0 Å². The molecule has 16 heavy (non-hydrogen) atoms. The molecule has 0 N–H and O–H groups in total. The number of fused-ring (bicyclic) bond motifs is 2. The molecule has 0 aliphatic carbocycles. The van der Waals surface area contributed by atoms with Gasteiger partial charge in [0.05, 0.1) is 7.11 Å². The zero-order valence-electron chi connectivity index (χ0n) is 8.77. The van der Waals surface area contributed by atoms with Crippen molar-refractivity contribution < 1.29 is 14.2 Å². The molecule has 0 bridgehead atoms. The van der Waals surface area contributed by atoms with Crippen LogP contribution in [0.5, 0.6) is 28.7 Å². The Hall–Kier alpha value is -2.16. The summed E-state index contributed by atoms with van der Waals surface area (Å²) in [6, 6.07) is 13.1. The quantitative estimate of drug-likeness (QED) is 0.619. The highest BCUT2D eigenvalue weighted by atomic mass is 16.6. The molecule has 0 saturated carbocycles. The highest BCUT2D eigenvalue weighted by Gasteiger charge is 2.18. The van der Waals surface area contributed by atoms with Crippen LogP contribution in [0.1, 0.15) is 0 Å². The van der Waals surface area contributed by atoms with E-state index in [0.29, 0.717) is 11.5 Å². The van der Waals surface area contributed by atoms with Gasteiger partial charge in [0.15, 0.2) is 23.0 Å². The molecule has 0 unspecified atom stereocenters. The van der Waals surface area contributed by atoms with Crippen LogP contribution < -0.4 is 14.2 Å². The van der Waals surface area contributed by atoms with E-state index in [1.807, 2.05) is 42.5 Å². The summed E-state index contributed by atoms with van der Waals surface area (Å²) in [7, 11) is 1.62. The van der Waals surface area contributed by atoms with Crippen LogP contribution in [0.15, 0.2) is 42.5 Å². The SMILES string of the molecule is COc1ccc2c(c1)Oc1ccccc1O2. The molecule has 3 rings (SSSR count). The molecule has 0 saturated heterocycles. The van der Waals surface area contributed by atoms with Crippen LogP contribution in [0.4, 0.5) is 0 Å². The largest absolute Gasteiger partial charge is 0.497 e. The van der Waals surface area contributed by atoms with E-state index in [1.165, 1.54) is 0 Å². The maximum Gasteiger partial charge on any atom is 0.173 e. The molecule has 3 nitrogen and oxygen atoms in total. The summed E-state index contributed by atoms with van der Waals surface area (Å²) in [6.45, 7) is 0. The molecule has 80 valence electrons. The smallest absolute Gasteiger partial charge is 0.173 e. The lowest BCUT2D eigenvalue weighted by Gasteiger charge is -2.20. The maximum atomic E-state index is 5.71. The minimum absolute atomic E-state index is 0.679. The zero-order valence-corrected chi connectivity index (χ0v) is 8.77. The Bertz CT molecular complexity index is 534. The molecule has 0 fully saturated rings. The highest BCUT2D eigenvalue weighted by molar-refractivity contribution is 5.56. The summed E-state index contributed by atoms with van der Waals surface area (Å²) in [5.41, 5.74) is 0. The molecule has 2 aromatic carbocycles. The van der Waals surface area contributed by atoms with Crippen molar-refractivity contribution in [2.24, 2.45) is 0 Å². The Balaban J connectivity index is 2.05. The Kier molecular flexibility index (Phi) is 1.96. The molecule has 2 aromatic rings. The highest BCUT2D eigenvalue weighted by Crippen LogP contribution is 2.45. The molecule has 1 aliphatic rings. The number of ether oxygens (including phenoxy) is 3. The fraction of sp³-hybridized carbons (Fsp3) is 0.0769. The second-order valence-electron chi connectivity index (χ2n) is 3.46. The van der Waals surface area contributed by atoms with Crippen molar-refractivity contribution in [2.45, 2.75) is 0 Å². The van der Waals surface area contributed by atoms with E-state index >= 15 is 0 Å². The van der Waals surface area contributed by atoms with Crippen molar-refractivity contribution in [3.05, 3.63) is 42.5 Å². The van der Waals surface area contributed by atoms with Crippen LogP contribution in [0, 0.1) is 0 Å². The summed E-state index contributed by atoms with van der Waals surface area (Å²) >= 11 is 0. The molecule has 0 spiro atoms. The van der Waals surface area contributed by atoms with Gasteiger partial charge in [-0.25, -0.2) is 0 Å². The van der Waals surface area contributed by atoms with Crippen molar-refractivity contribution in [2.75, 3.05) is 7.11 Å². The Morgan fingerprint density at radius 2 is 1.44 bits per heavy atom. The van der Waals surface area contributed by atoms with Crippen LogP contribution in [-0.4, -0.2) is 7.11 Å². The van der Waals surface area contributed by atoms with Crippen molar-refractivity contribution >= 4 is 0 Å². The molecule has 1 aliphatic heterocycles. The van der Waals surface area contributed by atoms with Gasteiger partial charge in [-0.2, -0.15) is 0 Å². The molecule has 3 heteroatoms. The molecule has 0 aromatic heterocycles. The van der Waals surface area contributed by atoms with Crippen LogP contribution in [0.2, 0.25) is 0 Å². The number of hydrogen-bond donors (Lipinski definition) is 0. The van der Waals surface area contributed by atoms with Gasteiger partial charge in [-0.15, -0.1) is 0 Å². The number of benzene rings is 2. The lowest BCUT2D eigenvalue weighted by molar-refractivity contribution is 0.353. The summed E-state index contributed by atoms with van der Waals surface area (Å²) in [5.74, 6) is 3.60. The molecule has 0 amide bonds. The number of methoxy groups -OCH3 is 1. The van der Waals surface area contributed by atoms with Crippen molar-refractivity contribution in [1.82, 2.24) is 0 Å². The summed E-state index contributed by atoms with van der Waals surface area (Å²) in [4.78, 5) is 0. The van der Waals surface area contributed by atoms with E-state index in [2.05, 4.69) is 0 Å². The van der Waals surface area contributed by atoms with Gasteiger partial charge in [0.2, 0.25) is 0 Å². The Labute approximate surface area is 93.2 Å². The van der Waals surface area contributed by atoms with Crippen LogP contribution in [0.3, 0.4) is 0 Å². The van der Waals surface area contributed by atoms with E-state index in [9.17, 15) is 0 Å². The lowest BCUT2D eigenvalue weighted by atomic mass is 10.2. The fourth-order valence-corrected chi connectivity index (χ4v) is 1.64. The minimum Gasteiger partial charge on any atom is -0.497 e. The second-order valence-corrected chi connectivity index (χ2v) is 3.46. The van der Waals surface area contributed by atoms with Crippen molar-refractivity contribution in [3.8, 4) is 28.7 Å². The normalized spacial score (nSPS) is 11.8. The van der Waals surface area contributed by atoms with E-state index in [1.54, 1.807) is 7.11 Å². The fourth-order valence-electron chi connectivity index (χ4n) is 1.64. The zero-order chi connectivity index (χ0) is 11.0. The van der Waals surface area contributed by atoms with Gasteiger partial charge in [-0.3, -0.25) is 0 Å². The molecule has 0 radical (unpaired) electrons. The first-order valence-electron chi connectivity index (χ1n) is 4.99. The van der Waals surface area contributed by atoms with Gasteiger partial charge in [-0.05, 0) is 24.3 Å². The first kappa shape index (κ1) is 9.09. The second kappa shape index (κ2) is 3.45. The van der Waals surface area contributed by atoms with Crippen molar-refractivity contribution in [3.63, 3.8) is 0 Å². The number of rotatable bonds is 1. The first-order valence-corrected chi connectivity index (χ1v) is 4.99. The molecular weight excluding hydrogens is 204 g/mol. The summed E-state index contributed by atoms with van der Waals surface area (Å²) in [5, 5.41) is 0. The van der Waals surface area contributed by atoms with E-state index in [-0.39, 0.29) is 0 Å². The van der Waals surface area contributed by atoms with E-state index in [0.717, 1.165) is 17.2 Å². The van der Waals surface area contributed by atoms with Crippen molar-refractivity contribution in [1.29, 1.82) is 0 Å². The Morgan fingerprint density at radius 1 is 0.812 bits per heavy atom.